The first-order chi connectivity index (χ1) is 12.9. The molecule has 1 fully saturated rings. The largest absolute Gasteiger partial charge is 0.465 e. The average molecular weight is 409 g/mol. The van der Waals surface area contributed by atoms with E-state index in [2.05, 4.69) is 58.9 Å². The summed E-state index contributed by atoms with van der Waals surface area (Å²) in [6.07, 6.45) is 1.53. The van der Waals surface area contributed by atoms with Gasteiger partial charge in [-0.15, -0.1) is 0 Å². The van der Waals surface area contributed by atoms with Gasteiger partial charge in [-0.05, 0) is 54.8 Å². The van der Waals surface area contributed by atoms with Gasteiger partial charge in [-0.25, -0.2) is 14.1 Å². The van der Waals surface area contributed by atoms with Crippen LogP contribution in [0.4, 0.5) is 9.93 Å². The number of aromatic nitrogens is 1. The number of carboxylic acid groups (broad SMARTS) is 1. The molecule has 1 aliphatic carbocycles. The van der Waals surface area contributed by atoms with Crippen LogP contribution in [0.5, 0.6) is 0 Å². The van der Waals surface area contributed by atoms with Gasteiger partial charge in [-0.3, -0.25) is 0 Å². The minimum Gasteiger partial charge on any atom is -0.465 e. The molecule has 3 N–H and O–H groups in total. The Labute approximate surface area is 168 Å². The lowest BCUT2D eigenvalue weighted by molar-refractivity contribution is 0.191. The van der Waals surface area contributed by atoms with Gasteiger partial charge < -0.3 is 15.7 Å². The zero-order valence-corrected chi connectivity index (χ0v) is 17.7. The summed E-state index contributed by atoms with van der Waals surface area (Å²) in [6.45, 7) is 8.74. The number of anilines is 1. The number of amides is 1. The van der Waals surface area contributed by atoms with Gasteiger partial charge in [0, 0.05) is 30.6 Å². The van der Waals surface area contributed by atoms with E-state index in [-0.39, 0.29) is 5.92 Å². The predicted molar refractivity (Wildman–Crippen MR) is 114 cm³/mol. The van der Waals surface area contributed by atoms with E-state index >= 15 is 0 Å². The van der Waals surface area contributed by atoms with Crippen molar-refractivity contribution >= 4 is 44.7 Å². The van der Waals surface area contributed by atoms with Crippen molar-refractivity contribution in [2.45, 2.75) is 44.6 Å². The van der Waals surface area contributed by atoms with Gasteiger partial charge in [-0.1, -0.05) is 32.1 Å². The number of nitrogens with one attached hydrogen (secondary N) is 2. The van der Waals surface area contributed by atoms with Crippen molar-refractivity contribution in [3.05, 3.63) is 18.2 Å². The summed E-state index contributed by atoms with van der Waals surface area (Å²) in [5.74, 6) is 0.785. The fraction of sp³-hybridized carbons (Fsp3) is 0.579. The van der Waals surface area contributed by atoms with Crippen LogP contribution < -0.4 is 10.6 Å². The van der Waals surface area contributed by atoms with Gasteiger partial charge in [0.2, 0.25) is 0 Å². The monoisotopic (exact) mass is 408 g/mol. The first kappa shape index (κ1) is 20.2. The Kier molecular flexibility index (Phi) is 6.83. The lowest BCUT2D eigenvalue weighted by Gasteiger charge is -2.26. The Balaban J connectivity index is 1.65. The smallest absolute Gasteiger partial charge is 0.404 e. The molecule has 0 spiro atoms. The molecule has 1 atom stereocenters. The zero-order chi connectivity index (χ0) is 19.4. The number of rotatable bonds is 10. The number of hydrogen-bond acceptors (Lipinski definition) is 6. The molecule has 0 radical (unpaired) electrons. The first-order valence-corrected chi connectivity index (χ1v) is 11.0. The maximum Gasteiger partial charge on any atom is 0.404 e. The Morgan fingerprint density at radius 3 is 2.81 bits per heavy atom. The Morgan fingerprint density at radius 2 is 2.15 bits per heavy atom. The summed E-state index contributed by atoms with van der Waals surface area (Å²) in [7, 11) is 0. The fourth-order valence-corrected chi connectivity index (χ4v) is 5.16. The van der Waals surface area contributed by atoms with Gasteiger partial charge in [0.1, 0.15) is 0 Å². The number of thiazole rings is 1. The van der Waals surface area contributed by atoms with Gasteiger partial charge in [0.05, 0.1) is 10.2 Å². The highest BCUT2D eigenvalue weighted by Crippen LogP contribution is 2.34. The highest BCUT2D eigenvalue weighted by atomic mass is 32.2. The Morgan fingerprint density at radius 1 is 1.37 bits per heavy atom. The molecule has 1 saturated carbocycles. The minimum atomic E-state index is -0.962. The maximum absolute atomic E-state index is 10.7. The molecule has 0 bridgehead atoms. The molecular weight excluding hydrogens is 380 g/mol. The van der Waals surface area contributed by atoms with Crippen LogP contribution in [0.3, 0.4) is 0 Å². The molecule has 1 amide bonds. The van der Waals surface area contributed by atoms with E-state index in [1.165, 1.54) is 22.4 Å². The molecule has 0 saturated heterocycles. The number of carbonyl (C=O) groups is 1. The summed E-state index contributed by atoms with van der Waals surface area (Å²) < 4.78 is 3.54. The second kappa shape index (κ2) is 9.12. The summed E-state index contributed by atoms with van der Waals surface area (Å²) in [6, 6.07) is 7.04. The molecule has 1 aromatic heterocycles. The van der Waals surface area contributed by atoms with E-state index in [9.17, 15) is 4.79 Å². The third kappa shape index (κ3) is 6.55. The fourth-order valence-electron chi connectivity index (χ4n) is 2.80. The summed E-state index contributed by atoms with van der Waals surface area (Å²) in [4.78, 5) is 16.6. The van der Waals surface area contributed by atoms with Crippen molar-refractivity contribution in [2.75, 3.05) is 25.0 Å². The number of fused-ring (bicyclic) bond motifs is 1. The van der Waals surface area contributed by atoms with Crippen LogP contribution in [0.1, 0.15) is 33.6 Å². The number of benzene rings is 1. The van der Waals surface area contributed by atoms with Crippen molar-refractivity contribution in [3.63, 3.8) is 0 Å². The highest BCUT2D eigenvalue weighted by Gasteiger charge is 2.22. The van der Waals surface area contributed by atoms with Crippen molar-refractivity contribution in [1.29, 1.82) is 0 Å². The molecule has 8 heteroatoms. The van der Waals surface area contributed by atoms with E-state index < -0.39 is 6.09 Å². The highest BCUT2D eigenvalue weighted by molar-refractivity contribution is 7.97. The molecule has 27 heavy (non-hydrogen) atoms. The maximum atomic E-state index is 10.7. The van der Waals surface area contributed by atoms with E-state index in [1.54, 1.807) is 23.3 Å². The van der Waals surface area contributed by atoms with E-state index in [1.807, 2.05) is 0 Å². The van der Waals surface area contributed by atoms with Crippen LogP contribution in [-0.4, -0.2) is 46.2 Å². The SMILES string of the molecule is CC(C)CN(CC(C)CNC(=O)O)Sc1ccc2nc(NC3CC3)sc2c1. The summed E-state index contributed by atoms with van der Waals surface area (Å²) >= 11 is 3.46. The molecule has 6 nitrogen and oxygen atoms in total. The second-order valence-electron chi connectivity index (χ2n) is 7.69. The molecule has 2 aromatic rings. The molecule has 0 aliphatic heterocycles. The van der Waals surface area contributed by atoms with E-state index in [4.69, 9.17) is 5.11 Å². The van der Waals surface area contributed by atoms with Gasteiger partial charge in [0.15, 0.2) is 5.13 Å². The topological polar surface area (TPSA) is 77.5 Å². The molecule has 1 heterocycles. The Hall–Kier alpha value is -1.51. The molecule has 1 aliphatic rings. The molecule has 3 rings (SSSR count). The predicted octanol–water partition coefficient (Wildman–Crippen LogP) is 4.74. The van der Waals surface area contributed by atoms with Gasteiger partial charge >= 0.3 is 6.09 Å². The quantitative estimate of drug-likeness (QED) is 0.493. The summed E-state index contributed by atoms with van der Waals surface area (Å²) in [5, 5.41) is 15.8. The van der Waals surface area contributed by atoms with Crippen LogP contribution in [0.2, 0.25) is 0 Å². The van der Waals surface area contributed by atoms with Crippen molar-refractivity contribution in [1.82, 2.24) is 14.6 Å². The average Bonchev–Trinajstić information content (AvgIpc) is 3.29. The van der Waals surface area contributed by atoms with Crippen molar-refractivity contribution in [2.24, 2.45) is 11.8 Å². The van der Waals surface area contributed by atoms with Crippen LogP contribution >= 0.6 is 23.3 Å². The molecular formula is C19H28N4O2S2. The summed E-state index contributed by atoms with van der Waals surface area (Å²) in [5.41, 5.74) is 1.04. The van der Waals surface area contributed by atoms with Gasteiger partial charge in [-0.2, -0.15) is 0 Å². The van der Waals surface area contributed by atoms with E-state index in [0.29, 0.717) is 18.5 Å². The van der Waals surface area contributed by atoms with Crippen LogP contribution in [0.25, 0.3) is 10.2 Å². The van der Waals surface area contributed by atoms with Crippen LogP contribution in [0.15, 0.2) is 23.1 Å². The Bertz CT molecular complexity index is 776. The first-order valence-electron chi connectivity index (χ1n) is 9.46. The minimum absolute atomic E-state index is 0.244. The number of nitrogens with zero attached hydrogens (tertiary/aromatic N) is 2. The van der Waals surface area contributed by atoms with Crippen molar-refractivity contribution < 1.29 is 9.90 Å². The number of hydrogen-bond donors (Lipinski definition) is 3. The standard InChI is InChI=1S/C19H28N4O2S2/c1-12(2)10-23(11-13(3)9-20-19(24)25)27-15-6-7-16-17(8-15)26-18(22-16)21-14-4-5-14/h6-8,12-14,20H,4-5,9-11H2,1-3H3,(H,21,22)(H,24,25). The third-order valence-electron chi connectivity index (χ3n) is 4.19. The third-order valence-corrected chi connectivity index (χ3v) is 6.16. The molecule has 1 aromatic carbocycles. The van der Waals surface area contributed by atoms with Crippen LogP contribution in [0, 0.1) is 11.8 Å². The molecule has 1 unspecified atom stereocenters. The van der Waals surface area contributed by atoms with E-state index in [0.717, 1.165) is 23.7 Å². The molecule has 148 valence electrons. The lowest BCUT2D eigenvalue weighted by Crippen LogP contribution is -2.33. The van der Waals surface area contributed by atoms with Gasteiger partial charge in [0.25, 0.3) is 0 Å². The second-order valence-corrected chi connectivity index (χ2v) is 9.89. The zero-order valence-electron chi connectivity index (χ0n) is 16.1. The lowest BCUT2D eigenvalue weighted by atomic mass is 10.1. The van der Waals surface area contributed by atoms with Crippen molar-refractivity contribution in [3.8, 4) is 0 Å². The normalized spacial score (nSPS) is 15.4. The van der Waals surface area contributed by atoms with Crippen LogP contribution in [-0.2, 0) is 0 Å².